The Labute approximate surface area is 188 Å². The third-order valence-electron chi connectivity index (χ3n) is 6.38. The number of aromatic nitrogens is 2. The minimum atomic E-state index is -0.184. The van der Waals surface area contributed by atoms with E-state index in [1.165, 1.54) is 19.3 Å². The van der Waals surface area contributed by atoms with Crippen LogP contribution in [-0.4, -0.2) is 55.5 Å². The van der Waals surface area contributed by atoms with Gasteiger partial charge < -0.3 is 28.8 Å². The maximum Gasteiger partial charge on any atom is 0.321 e. The third-order valence-corrected chi connectivity index (χ3v) is 6.38. The largest absolute Gasteiger partial charge is 0.493 e. The van der Waals surface area contributed by atoms with Crippen molar-refractivity contribution in [2.24, 2.45) is 0 Å². The fourth-order valence-corrected chi connectivity index (χ4v) is 4.64. The molecular weight excluding hydrogens is 412 g/mol. The van der Waals surface area contributed by atoms with Crippen LogP contribution in [-0.2, 0) is 0 Å². The zero-order valence-corrected chi connectivity index (χ0v) is 19.1. The van der Waals surface area contributed by atoms with E-state index in [1.54, 1.807) is 38.4 Å². The first-order valence-corrected chi connectivity index (χ1v) is 11.3. The second-order valence-electron chi connectivity index (χ2n) is 8.44. The van der Waals surface area contributed by atoms with Crippen LogP contribution in [0.4, 0.5) is 10.5 Å². The summed E-state index contributed by atoms with van der Waals surface area (Å²) in [6.07, 6.45) is 7.79. The molecule has 1 aliphatic carbocycles. The Morgan fingerprint density at radius 3 is 2.19 bits per heavy atom. The van der Waals surface area contributed by atoms with E-state index in [1.807, 2.05) is 0 Å². The van der Waals surface area contributed by atoms with E-state index in [4.69, 9.17) is 18.6 Å². The van der Waals surface area contributed by atoms with Crippen LogP contribution in [0.5, 0.6) is 17.2 Å². The highest BCUT2D eigenvalue weighted by atomic mass is 16.5. The zero-order valence-electron chi connectivity index (χ0n) is 19.1. The van der Waals surface area contributed by atoms with Crippen LogP contribution in [0, 0.1) is 0 Å². The minimum Gasteiger partial charge on any atom is -0.493 e. The average Bonchev–Trinajstić information content (AvgIpc) is 3.34. The van der Waals surface area contributed by atoms with Gasteiger partial charge in [-0.15, -0.1) is 10.2 Å². The van der Waals surface area contributed by atoms with E-state index in [0.29, 0.717) is 47.8 Å². The number of amides is 2. The van der Waals surface area contributed by atoms with E-state index >= 15 is 0 Å². The van der Waals surface area contributed by atoms with Gasteiger partial charge in [0.1, 0.15) is 0 Å². The standard InChI is InChI=1S/C23H32N4O5/c1-29-18-12-17(13-19(30-2)20(18)31-3)24-23(28)27-11-7-10-16(14-27)22-26-25-21(32-22)15-8-5-4-6-9-15/h12-13,15-16H,4-11,14H2,1-3H3,(H,24,28). The maximum absolute atomic E-state index is 13.0. The van der Waals surface area contributed by atoms with Crippen LogP contribution < -0.4 is 19.5 Å². The molecule has 9 heteroatoms. The molecule has 4 rings (SSSR count). The lowest BCUT2D eigenvalue weighted by atomic mass is 9.89. The first-order chi connectivity index (χ1) is 15.6. The summed E-state index contributed by atoms with van der Waals surface area (Å²) < 4.78 is 22.2. The summed E-state index contributed by atoms with van der Waals surface area (Å²) in [7, 11) is 4.64. The third kappa shape index (κ3) is 4.76. The van der Waals surface area contributed by atoms with Crippen LogP contribution in [0.1, 0.15) is 68.6 Å². The Hall–Kier alpha value is -2.97. The van der Waals surface area contributed by atoms with Gasteiger partial charge in [-0.1, -0.05) is 19.3 Å². The van der Waals surface area contributed by atoms with Crippen molar-refractivity contribution in [1.82, 2.24) is 15.1 Å². The normalized spacial score (nSPS) is 19.5. The van der Waals surface area contributed by atoms with Gasteiger partial charge in [0.25, 0.3) is 0 Å². The molecule has 0 spiro atoms. The van der Waals surface area contributed by atoms with Gasteiger partial charge in [0.2, 0.25) is 17.5 Å². The molecule has 9 nitrogen and oxygen atoms in total. The molecule has 1 aromatic carbocycles. The van der Waals surface area contributed by atoms with E-state index in [0.717, 1.165) is 31.6 Å². The molecule has 2 aromatic rings. The topological polar surface area (TPSA) is 99.0 Å². The number of methoxy groups -OCH3 is 3. The highest BCUT2D eigenvalue weighted by molar-refractivity contribution is 5.90. The molecule has 1 aromatic heterocycles. The SMILES string of the molecule is COc1cc(NC(=O)N2CCCC(c3nnc(C4CCCCC4)o3)C2)cc(OC)c1OC. The Morgan fingerprint density at radius 1 is 0.938 bits per heavy atom. The number of nitrogens with zero attached hydrogens (tertiary/aromatic N) is 3. The van der Waals surface area contributed by atoms with Crippen LogP contribution in [0.2, 0.25) is 0 Å². The smallest absolute Gasteiger partial charge is 0.321 e. The molecule has 0 radical (unpaired) electrons. The van der Waals surface area contributed by atoms with Crippen molar-refractivity contribution in [1.29, 1.82) is 0 Å². The molecule has 32 heavy (non-hydrogen) atoms. The lowest BCUT2D eigenvalue weighted by Gasteiger charge is -2.31. The van der Waals surface area contributed by atoms with Crippen LogP contribution in [0.25, 0.3) is 0 Å². The fourth-order valence-electron chi connectivity index (χ4n) is 4.64. The van der Waals surface area contributed by atoms with Gasteiger partial charge >= 0.3 is 6.03 Å². The van der Waals surface area contributed by atoms with Crippen LogP contribution >= 0.6 is 0 Å². The Kier molecular flexibility index (Phi) is 7.02. The number of rotatable bonds is 6. The van der Waals surface area contributed by atoms with Crippen molar-refractivity contribution in [3.63, 3.8) is 0 Å². The molecular formula is C23H32N4O5. The quantitative estimate of drug-likeness (QED) is 0.697. The van der Waals surface area contributed by atoms with Crippen molar-refractivity contribution in [3.05, 3.63) is 23.9 Å². The predicted octanol–water partition coefficient (Wildman–Crippen LogP) is 4.55. The van der Waals surface area contributed by atoms with Crippen molar-refractivity contribution in [3.8, 4) is 17.2 Å². The second kappa shape index (κ2) is 10.1. The number of anilines is 1. The molecule has 0 bridgehead atoms. The number of urea groups is 1. The van der Waals surface area contributed by atoms with Crippen molar-refractivity contribution >= 4 is 11.7 Å². The molecule has 2 heterocycles. The molecule has 2 fully saturated rings. The van der Waals surface area contributed by atoms with Gasteiger partial charge in [0.05, 0.1) is 32.9 Å². The summed E-state index contributed by atoms with van der Waals surface area (Å²) >= 11 is 0. The van der Waals surface area contributed by atoms with Gasteiger partial charge in [0, 0.05) is 31.1 Å². The molecule has 1 aliphatic heterocycles. The molecule has 1 unspecified atom stereocenters. The molecule has 2 amide bonds. The number of nitrogens with one attached hydrogen (secondary N) is 1. The van der Waals surface area contributed by atoms with Gasteiger partial charge in [-0.2, -0.15) is 0 Å². The molecule has 1 saturated heterocycles. The van der Waals surface area contributed by atoms with Gasteiger partial charge in [-0.3, -0.25) is 0 Å². The van der Waals surface area contributed by atoms with Crippen LogP contribution in [0.15, 0.2) is 16.5 Å². The zero-order chi connectivity index (χ0) is 22.5. The van der Waals surface area contributed by atoms with E-state index in [9.17, 15) is 4.79 Å². The van der Waals surface area contributed by atoms with Gasteiger partial charge in [0.15, 0.2) is 11.5 Å². The molecule has 1 saturated carbocycles. The lowest BCUT2D eigenvalue weighted by Crippen LogP contribution is -2.41. The molecule has 1 N–H and O–H groups in total. The van der Waals surface area contributed by atoms with Gasteiger partial charge in [-0.05, 0) is 25.7 Å². The predicted molar refractivity (Wildman–Crippen MR) is 119 cm³/mol. The number of benzene rings is 1. The molecule has 174 valence electrons. The Morgan fingerprint density at radius 2 is 1.56 bits per heavy atom. The number of piperidine rings is 1. The Balaban J connectivity index is 1.42. The van der Waals surface area contributed by atoms with E-state index in [-0.39, 0.29) is 11.9 Å². The second-order valence-corrected chi connectivity index (χ2v) is 8.44. The monoisotopic (exact) mass is 444 g/mol. The summed E-state index contributed by atoms with van der Waals surface area (Å²) in [6.45, 7) is 1.22. The summed E-state index contributed by atoms with van der Waals surface area (Å²) in [5.74, 6) is 3.30. The van der Waals surface area contributed by atoms with E-state index < -0.39 is 0 Å². The molecule has 1 atom stereocenters. The number of likely N-dealkylation sites (tertiary alicyclic amines) is 1. The highest BCUT2D eigenvalue weighted by Crippen LogP contribution is 2.40. The van der Waals surface area contributed by atoms with Crippen molar-refractivity contribution in [2.45, 2.75) is 56.8 Å². The van der Waals surface area contributed by atoms with Crippen LogP contribution in [0.3, 0.4) is 0 Å². The first kappa shape index (κ1) is 22.2. The summed E-state index contributed by atoms with van der Waals surface area (Å²) in [6, 6.07) is 3.25. The first-order valence-electron chi connectivity index (χ1n) is 11.3. The number of hydrogen-bond acceptors (Lipinski definition) is 7. The molecule has 2 aliphatic rings. The van der Waals surface area contributed by atoms with Gasteiger partial charge in [-0.25, -0.2) is 4.79 Å². The lowest BCUT2D eigenvalue weighted by molar-refractivity contribution is 0.186. The number of carbonyl (C=O) groups excluding carboxylic acids is 1. The summed E-state index contributed by atoms with van der Waals surface area (Å²) in [5.41, 5.74) is 0.573. The number of carbonyl (C=O) groups is 1. The summed E-state index contributed by atoms with van der Waals surface area (Å²) in [4.78, 5) is 14.8. The average molecular weight is 445 g/mol. The maximum atomic E-state index is 13.0. The van der Waals surface area contributed by atoms with E-state index in [2.05, 4.69) is 15.5 Å². The van der Waals surface area contributed by atoms with Crippen molar-refractivity contribution in [2.75, 3.05) is 39.7 Å². The number of ether oxygens (including phenoxy) is 3. The highest BCUT2D eigenvalue weighted by Gasteiger charge is 2.30. The number of hydrogen-bond donors (Lipinski definition) is 1. The minimum absolute atomic E-state index is 0.0549. The van der Waals surface area contributed by atoms with Crippen molar-refractivity contribution < 1.29 is 23.4 Å². The summed E-state index contributed by atoms with van der Waals surface area (Å²) in [5, 5.41) is 11.6. The Bertz CT molecular complexity index is 900. The fraction of sp³-hybridized carbons (Fsp3) is 0.609.